The molecule has 0 saturated carbocycles. The molecule has 0 bridgehead atoms. The van der Waals surface area contributed by atoms with Crippen LogP contribution < -0.4 is 5.32 Å². The third-order valence-electron chi connectivity index (χ3n) is 3.98. The minimum Gasteiger partial charge on any atom is -0.480 e. The Kier molecular flexibility index (Phi) is 4.90. The molecule has 2 unspecified atom stereocenters. The molecular weight excluding hydrogens is 312 g/mol. The van der Waals surface area contributed by atoms with Crippen molar-refractivity contribution >= 4 is 11.9 Å². The van der Waals surface area contributed by atoms with Crippen LogP contribution in [-0.2, 0) is 9.53 Å². The van der Waals surface area contributed by atoms with E-state index in [1.807, 2.05) is 30.3 Å². The average molecular weight is 330 g/mol. The summed E-state index contributed by atoms with van der Waals surface area (Å²) in [6.07, 6.45) is 2.71. The number of carboxylic acids is 1. The lowest BCUT2D eigenvalue weighted by atomic mass is 9.93. The number of hydrogen-bond acceptors (Lipinski definition) is 5. The van der Waals surface area contributed by atoms with Gasteiger partial charge in [0.2, 0.25) is 5.89 Å². The van der Waals surface area contributed by atoms with Crippen LogP contribution in [0, 0.1) is 5.92 Å². The molecule has 3 rings (SSSR count). The van der Waals surface area contributed by atoms with Crippen molar-refractivity contribution in [3.8, 4) is 11.5 Å². The molecule has 7 heteroatoms. The molecule has 126 valence electrons. The van der Waals surface area contributed by atoms with Gasteiger partial charge >= 0.3 is 5.97 Å². The van der Waals surface area contributed by atoms with E-state index in [-0.39, 0.29) is 11.6 Å². The molecule has 0 spiro atoms. The largest absolute Gasteiger partial charge is 0.480 e. The highest BCUT2D eigenvalue weighted by Crippen LogP contribution is 2.20. The zero-order chi connectivity index (χ0) is 16.9. The van der Waals surface area contributed by atoms with Crippen LogP contribution in [0.1, 0.15) is 23.3 Å². The number of nitrogens with one attached hydrogen (secondary N) is 1. The van der Waals surface area contributed by atoms with Crippen LogP contribution in [0.2, 0.25) is 0 Å². The molecule has 1 aliphatic heterocycles. The van der Waals surface area contributed by atoms with Crippen LogP contribution in [0.4, 0.5) is 0 Å². The number of amides is 1. The van der Waals surface area contributed by atoms with Crippen LogP contribution in [0.25, 0.3) is 11.5 Å². The highest BCUT2D eigenvalue weighted by Gasteiger charge is 2.32. The summed E-state index contributed by atoms with van der Waals surface area (Å²) in [7, 11) is 0. The fourth-order valence-electron chi connectivity index (χ4n) is 2.72. The second-order valence-electron chi connectivity index (χ2n) is 5.67. The molecule has 1 aliphatic rings. The van der Waals surface area contributed by atoms with Crippen molar-refractivity contribution < 1.29 is 23.8 Å². The third-order valence-corrected chi connectivity index (χ3v) is 3.98. The maximum Gasteiger partial charge on any atom is 0.326 e. The number of carbonyl (C=O) groups excluding carboxylic acids is 1. The Morgan fingerprint density at radius 1 is 1.29 bits per heavy atom. The topological polar surface area (TPSA) is 102 Å². The SMILES string of the molecule is O=C(NC(C(=O)O)C1CCCOC1)c1coc(-c2ccccc2)n1. The summed E-state index contributed by atoms with van der Waals surface area (Å²) >= 11 is 0. The Hall–Kier alpha value is -2.67. The van der Waals surface area contributed by atoms with Gasteiger partial charge in [-0.15, -0.1) is 0 Å². The van der Waals surface area contributed by atoms with Crippen LogP contribution in [0.3, 0.4) is 0 Å². The first-order valence-electron chi connectivity index (χ1n) is 7.77. The number of oxazole rings is 1. The summed E-state index contributed by atoms with van der Waals surface area (Å²) in [5, 5.41) is 11.9. The van der Waals surface area contributed by atoms with E-state index >= 15 is 0 Å². The van der Waals surface area contributed by atoms with Gasteiger partial charge < -0.3 is 19.6 Å². The number of carbonyl (C=O) groups is 2. The normalized spacial score (nSPS) is 18.8. The predicted octanol–water partition coefficient (Wildman–Crippen LogP) is 1.95. The molecule has 2 atom stereocenters. The van der Waals surface area contributed by atoms with Gasteiger partial charge in [0.25, 0.3) is 5.91 Å². The number of nitrogens with zero attached hydrogens (tertiary/aromatic N) is 1. The minimum atomic E-state index is -1.08. The maximum absolute atomic E-state index is 12.3. The Bertz CT molecular complexity index is 707. The lowest BCUT2D eigenvalue weighted by molar-refractivity contribution is -0.142. The third kappa shape index (κ3) is 3.62. The van der Waals surface area contributed by atoms with E-state index in [4.69, 9.17) is 9.15 Å². The molecule has 24 heavy (non-hydrogen) atoms. The second-order valence-corrected chi connectivity index (χ2v) is 5.67. The molecule has 7 nitrogen and oxygen atoms in total. The molecule has 0 radical (unpaired) electrons. The van der Waals surface area contributed by atoms with Crippen LogP contribution in [-0.4, -0.2) is 41.2 Å². The number of hydrogen-bond donors (Lipinski definition) is 2. The van der Waals surface area contributed by atoms with Crippen molar-refractivity contribution in [2.24, 2.45) is 5.92 Å². The quantitative estimate of drug-likeness (QED) is 0.869. The number of rotatable bonds is 5. The van der Waals surface area contributed by atoms with Gasteiger partial charge in [0.05, 0.1) is 6.61 Å². The first-order valence-corrected chi connectivity index (χ1v) is 7.77. The summed E-state index contributed by atoms with van der Waals surface area (Å²) in [6, 6.07) is 8.16. The number of benzene rings is 1. The molecule has 2 heterocycles. The van der Waals surface area contributed by atoms with E-state index in [0.717, 1.165) is 12.0 Å². The van der Waals surface area contributed by atoms with Gasteiger partial charge in [-0.2, -0.15) is 0 Å². The van der Waals surface area contributed by atoms with Gasteiger partial charge in [-0.1, -0.05) is 18.2 Å². The molecule has 1 saturated heterocycles. The lowest BCUT2D eigenvalue weighted by Crippen LogP contribution is -2.48. The molecule has 1 aromatic heterocycles. The summed E-state index contributed by atoms with van der Waals surface area (Å²) in [6.45, 7) is 0.950. The van der Waals surface area contributed by atoms with Gasteiger partial charge in [-0.05, 0) is 25.0 Å². The van der Waals surface area contributed by atoms with Crippen LogP contribution in [0.5, 0.6) is 0 Å². The first kappa shape index (κ1) is 16.2. The number of aromatic nitrogens is 1. The first-order chi connectivity index (χ1) is 11.6. The Labute approximate surface area is 138 Å². The molecular formula is C17H18N2O5. The lowest BCUT2D eigenvalue weighted by Gasteiger charge is -2.27. The van der Waals surface area contributed by atoms with Crippen LogP contribution >= 0.6 is 0 Å². The summed E-state index contributed by atoms with van der Waals surface area (Å²) in [5.41, 5.74) is 0.795. The Morgan fingerprint density at radius 2 is 2.08 bits per heavy atom. The van der Waals surface area contributed by atoms with E-state index in [1.54, 1.807) is 0 Å². The molecule has 1 aromatic carbocycles. The second kappa shape index (κ2) is 7.27. The van der Waals surface area contributed by atoms with E-state index in [9.17, 15) is 14.7 Å². The fraction of sp³-hybridized carbons (Fsp3) is 0.353. The molecule has 1 amide bonds. The standard InChI is InChI=1S/C17H18N2O5/c20-15(19-14(17(21)22)12-7-4-8-23-9-12)13-10-24-16(18-13)11-5-2-1-3-6-11/h1-3,5-6,10,12,14H,4,7-9H2,(H,19,20)(H,21,22). The van der Waals surface area contributed by atoms with E-state index in [2.05, 4.69) is 10.3 Å². The maximum atomic E-state index is 12.3. The number of carboxylic acid groups (broad SMARTS) is 1. The Balaban J connectivity index is 1.71. The van der Waals surface area contributed by atoms with E-state index < -0.39 is 17.9 Å². The van der Waals surface area contributed by atoms with Gasteiger partial charge in [0.1, 0.15) is 12.3 Å². The van der Waals surface area contributed by atoms with Gasteiger partial charge in [-0.3, -0.25) is 4.79 Å². The zero-order valence-electron chi connectivity index (χ0n) is 13.0. The van der Waals surface area contributed by atoms with Crippen molar-refractivity contribution in [3.05, 3.63) is 42.3 Å². The number of aliphatic carboxylic acids is 1. The van der Waals surface area contributed by atoms with Crippen molar-refractivity contribution in [2.45, 2.75) is 18.9 Å². The summed E-state index contributed by atoms with van der Waals surface area (Å²) in [4.78, 5) is 27.9. The van der Waals surface area contributed by atoms with Gasteiger partial charge in [0, 0.05) is 18.1 Å². The average Bonchev–Trinajstić information content (AvgIpc) is 3.11. The van der Waals surface area contributed by atoms with Crippen LogP contribution in [0.15, 0.2) is 41.0 Å². The molecule has 2 N–H and O–H groups in total. The van der Waals surface area contributed by atoms with E-state index in [1.165, 1.54) is 6.26 Å². The van der Waals surface area contributed by atoms with Crippen molar-refractivity contribution in [1.29, 1.82) is 0 Å². The fourth-order valence-corrected chi connectivity index (χ4v) is 2.72. The summed E-state index contributed by atoms with van der Waals surface area (Å²) in [5.74, 6) is -1.58. The van der Waals surface area contributed by atoms with Gasteiger partial charge in [0.15, 0.2) is 5.69 Å². The Morgan fingerprint density at radius 3 is 2.75 bits per heavy atom. The highest BCUT2D eigenvalue weighted by molar-refractivity contribution is 5.95. The molecule has 0 aliphatic carbocycles. The van der Waals surface area contributed by atoms with E-state index in [0.29, 0.717) is 25.5 Å². The summed E-state index contributed by atoms with van der Waals surface area (Å²) < 4.78 is 10.6. The number of ether oxygens (including phenoxy) is 1. The molecule has 2 aromatic rings. The highest BCUT2D eigenvalue weighted by atomic mass is 16.5. The smallest absolute Gasteiger partial charge is 0.326 e. The minimum absolute atomic E-state index is 0.0526. The van der Waals surface area contributed by atoms with Crippen molar-refractivity contribution in [1.82, 2.24) is 10.3 Å². The van der Waals surface area contributed by atoms with Crippen molar-refractivity contribution in [2.75, 3.05) is 13.2 Å². The zero-order valence-corrected chi connectivity index (χ0v) is 13.0. The monoisotopic (exact) mass is 330 g/mol. The predicted molar refractivity (Wildman–Crippen MR) is 84.4 cm³/mol. The van der Waals surface area contributed by atoms with Crippen molar-refractivity contribution in [3.63, 3.8) is 0 Å². The molecule has 1 fully saturated rings. The van der Waals surface area contributed by atoms with Gasteiger partial charge in [-0.25, -0.2) is 9.78 Å².